The van der Waals surface area contributed by atoms with Gasteiger partial charge in [0.25, 0.3) is 0 Å². The molecule has 1 aromatic heterocycles. The topological polar surface area (TPSA) is 92.5 Å². The number of aryl methyl sites for hydroxylation is 1. The van der Waals surface area contributed by atoms with Gasteiger partial charge in [0.05, 0.1) is 6.54 Å². The zero-order valence-electron chi connectivity index (χ0n) is 18.8. The number of carbonyl (C=O) groups is 2. The van der Waals surface area contributed by atoms with Crippen LogP contribution in [0.4, 0.5) is 5.69 Å². The Hall–Kier alpha value is -4.10. The molecule has 1 unspecified atom stereocenters. The van der Waals surface area contributed by atoms with E-state index in [1.54, 1.807) is 18.2 Å². The number of ketones is 1. The number of amides is 1. The second-order valence-electron chi connectivity index (χ2n) is 8.36. The molecule has 7 heteroatoms. The molecule has 4 aromatic rings. The van der Waals surface area contributed by atoms with Crippen molar-refractivity contribution in [3.05, 3.63) is 89.6 Å². The molecule has 3 N–H and O–H groups in total. The maximum Gasteiger partial charge on any atom is 0.246 e. The number of hydrogen-bond acceptors (Lipinski definition) is 5. The van der Waals surface area contributed by atoms with E-state index in [1.165, 1.54) is 0 Å². The van der Waals surface area contributed by atoms with Crippen LogP contribution in [0.15, 0.2) is 72.9 Å². The summed E-state index contributed by atoms with van der Waals surface area (Å²) in [6.07, 6.45) is 2.15. The monoisotopic (exact) mass is 455 g/mol. The van der Waals surface area contributed by atoms with Gasteiger partial charge in [-0.05, 0) is 36.2 Å². The number of aromatic amines is 1. The molecule has 1 atom stereocenters. The van der Waals surface area contributed by atoms with E-state index in [9.17, 15) is 9.59 Å². The molecule has 172 valence electrons. The van der Waals surface area contributed by atoms with Gasteiger partial charge < -0.3 is 19.8 Å². The standard InChI is InChI=1S/C27H25N3O4/c1-17-6-8-18(9-7-17)26(27(32)30-20-10-11-24-25(13-20)34-16-33-24)29-15-21(31)12-19-14-28-23-5-3-2-4-22(19)23/h2-11,13-14,26,28-29H,12,15-16H2,1H3,(H,30,32). The molecule has 0 radical (unpaired) electrons. The van der Waals surface area contributed by atoms with Crippen LogP contribution in [0, 0.1) is 6.92 Å². The lowest BCUT2D eigenvalue weighted by Gasteiger charge is -2.19. The van der Waals surface area contributed by atoms with E-state index in [4.69, 9.17) is 9.47 Å². The minimum Gasteiger partial charge on any atom is -0.454 e. The first-order chi connectivity index (χ1) is 16.6. The molecule has 0 bridgehead atoms. The molecule has 3 aromatic carbocycles. The first-order valence-electron chi connectivity index (χ1n) is 11.1. The first kappa shape index (κ1) is 21.7. The average Bonchev–Trinajstić information content (AvgIpc) is 3.47. The maximum absolute atomic E-state index is 13.2. The van der Waals surface area contributed by atoms with Crippen LogP contribution in [0.1, 0.15) is 22.7 Å². The number of anilines is 1. The number of H-pyrrole nitrogens is 1. The summed E-state index contributed by atoms with van der Waals surface area (Å²) in [4.78, 5) is 29.3. The molecular weight excluding hydrogens is 430 g/mol. The highest BCUT2D eigenvalue weighted by atomic mass is 16.7. The Labute approximate surface area is 197 Å². The highest BCUT2D eigenvalue weighted by Crippen LogP contribution is 2.34. The summed E-state index contributed by atoms with van der Waals surface area (Å²) in [5.74, 6) is 0.973. The van der Waals surface area contributed by atoms with Gasteiger partial charge in [-0.25, -0.2) is 0 Å². The van der Waals surface area contributed by atoms with Gasteiger partial charge in [-0.3, -0.25) is 14.9 Å². The van der Waals surface area contributed by atoms with E-state index in [0.29, 0.717) is 17.2 Å². The first-order valence-corrected chi connectivity index (χ1v) is 11.1. The van der Waals surface area contributed by atoms with E-state index in [-0.39, 0.29) is 31.4 Å². The Morgan fingerprint density at radius 1 is 1.00 bits per heavy atom. The zero-order valence-corrected chi connectivity index (χ0v) is 18.8. The summed E-state index contributed by atoms with van der Waals surface area (Å²) >= 11 is 0. The molecule has 0 aliphatic carbocycles. The number of carbonyl (C=O) groups excluding carboxylic acids is 2. The Morgan fingerprint density at radius 2 is 1.79 bits per heavy atom. The van der Waals surface area contributed by atoms with Crippen LogP contribution in [0.25, 0.3) is 10.9 Å². The minimum absolute atomic E-state index is 0.00209. The minimum atomic E-state index is -0.696. The van der Waals surface area contributed by atoms with Crippen molar-refractivity contribution in [2.45, 2.75) is 19.4 Å². The van der Waals surface area contributed by atoms with Crippen LogP contribution >= 0.6 is 0 Å². The van der Waals surface area contributed by atoms with Crippen molar-refractivity contribution in [2.75, 3.05) is 18.7 Å². The highest BCUT2D eigenvalue weighted by molar-refractivity contribution is 5.96. The summed E-state index contributed by atoms with van der Waals surface area (Å²) in [5.41, 5.74) is 4.41. The summed E-state index contributed by atoms with van der Waals surface area (Å²) in [7, 11) is 0. The van der Waals surface area contributed by atoms with Crippen molar-refractivity contribution in [3.63, 3.8) is 0 Å². The molecule has 1 aliphatic rings. The fourth-order valence-corrected chi connectivity index (χ4v) is 4.08. The maximum atomic E-state index is 13.2. The Bertz CT molecular complexity index is 1340. The van der Waals surface area contributed by atoms with E-state index in [0.717, 1.165) is 27.6 Å². The van der Waals surface area contributed by atoms with Gasteiger partial charge in [-0.15, -0.1) is 0 Å². The fraction of sp³-hybridized carbons (Fsp3) is 0.185. The third-order valence-electron chi connectivity index (χ3n) is 5.88. The van der Waals surface area contributed by atoms with Gasteiger partial charge in [0.1, 0.15) is 6.04 Å². The number of hydrogen-bond donors (Lipinski definition) is 3. The third-order valence-corrected chi connectivity index (χ3v) is 5.88. The van der Waals surface area contributed by atoms with Crippen LogP contribution in [0.3, 0.4) is 0 Å². The Balaban J connectivity index is 1.30. The number of fused-ring (bicyclic) bond motifs is 2. The summed E-state index contributed by atoms with van der Waals surface area (Å²) in [6, 6.07) is 20.1. The van der Waals surface area contributed by atoms with Gasteiger partial charge in [0, 0.05) is 35.3 Å². The normalized spacial score (nSPS) is 13.1. The molecule has 0 saturated carbocycles. The van der Waals surface area contributed by atoms with Crippen LogP contribution in [0.5, 0.6) is 11.5 Å². The second kappa shape index (κ2) is 9.41. The number of Topliss-reactive ketones (excluding diaryl/α,β-unsaturated/α-hetero) is 1. The number of para-hydroxylation sites is 1. The molecule has 0 spiro atoms. The average molecular weight is 456 g/mol. The van der Waals surface area contributed by atoms with Crippen molar-refractivity contribution < 1.29 is 19.1 Å². The molecule has 0 saturated heterocycles. The lowest BCUT2D eigenvalue weighted by atomic mass is 10.0. The highest BCUT2D eigenvalue weighted by Gasteiger charge is 2.23. The van der Waals surface area contributed by atoms with Gasteiger partial charge in [0.15, 0.2) is 17.3 Å². The molecule has 2 heterocycles. The zero-order chi connectivity index (χ0) is 23.5. The van der Waals surface area contributed by atoms with Gasteiger partial charge in [0.2, 0.25) is 12.7 Å². The molecule has 5 rings (SSSR count). The number of nitrogens with one attached hydrogen (secondary N) is 3. The molecule has 7 nitrogen and oxygen atoms in total. The predicted octanol–water partition coefficient (Wildman–Crippen LogP) is 4.29. The van der Waals surface area contributed by atoms with Gasteiger partial charge >= 0.3 is 0 Å². The fourth-order valence-electron chi connectivity index (χ4n) is 4.08. The molecule has 0 fully saturated rings. The van der Waals surface area contributed by atoms with Gasteiger partial charge in [-0.2, -0.15) is 0 Å². The van der Waals surface area contributed by atoms with Gasteiger partial charge in [-0.1, -0.05) is 48.0 Å². The molecular formula is C27H25N3O4. The van der Waals surface area contributed by atoms with E-state index < -0.39 is 6.04 Å². The molecule has 34 heavy (non-hydrogen) atoms. The van der Waals surface area contributed by atoms with Crippen molar-refractivity contribution in [3.8, 4) is 11.5 Å². The van der Waals surface area contributed by atoms with Crippen LogP contribution in [-0.4, -0.2) is 30.0 Å². The number of benzene rings is 3. The Kier molecular flexibility index (Phi) is 6.01. The number of aromatic nitrogens is 1. The van der Waals surface area contributed by atoms with Crippen molar-refractivity contribution in [1.82, 2.24) is 10.3 Å². The molecule has 1 aliphatic heterocycles. The molecule has 1 amide bonds. The summed E-state index contributed by atoms with van der Waals surface area (Å²) in [6.45, 7) is 2.22. The van der Waals surface area contributed by atoms with Crippen LogP contribution < -0.4 is 20.1 Å². The van der Waals surface area contributed by atoms with Crippen molar-refractivity contribution in [2.24, 2.45) is 0 Å². The predicted molar refractivity (Wildman–Crippen MR) is 130 cm³/mol. The quantitative estimate of drug-likeness (QED) is 0.369. The van der Waals surface area contributed by atoms with Crippen LogP contribution in [0.2, 0.25) is 0 Å². The largest absolute Gasteiger partial charge is 0.454 e. The van der Waals surface area contributed by atoms with E-state index >= 15 is 0 Å². The van der Waals surface area contributed by atoms with Crippen LogP contribution in [-0.2, 0) is 16.0 Å². The van der Waals surface area contributed by atoms with E-state index in [2.05, 4.69) is 15.6 Å². The lowest BCUT2D eigenvalue weighted by molar-refractivity contribution is -0.119. The lowest BCUT2D eigenvalue weighted by Crippen LogP contribution is -2.36. The second-order valence-corrected chi connectivity index (χ2v) is 8.36. The Morgan fingerprint density at radius 3 is 2.65 bits per heavy atom. The van der Waals surface area contributed by atoms with E-state index in [1.807, 2.05) is 61.7 Å². The summed E-state index contributed by atoms with van der Waals surface area (Å²) < 4.78 is 10.7. The van der Waals surface area contributed by atoms with Crippen molar-refractivity contribution in [1.29, 1.82) is 0 Å². The smallest absolute Gasteiger partial charge is 0.246 e. The summed E-state index contributed by atoms with van der Waals surface area (Å²) in [5, 5.41) is 7.12. The SMILES string of the molecule is Cc1ccc(C(NCC(=O)Cc2c[nH]c3ccccc23)C(=O)Nc2ccc3c(c2)OCO3)cc1. The van der Waals surface area contributed by atoms with Crippen molar-refractivity contribution >= 4 is 28.3 Å². The third kappa shape index (κ3) is 4.65. The number of rotatable bonds is 8. The number of ether oxygens (including phenoxy) is 2.